The maximum Gasteiger partial charge on any atom is 0.247 e. The Kier molecular flexibility index (Phi) is 6.54. The van der Waals surface area contributed by atoms with Crippen molar-refractivity contribution in [2.45, 2.75) is 32.0 Å². The highest BCUT2D eigenvalue weighted by Gasteiger charge is 2.23. The van der Waals surface area contributed by atoms with Crippen molar-refractivity contribution in [3.8, 4) is 5.75 Å². The minimum Gasteiger partial charge on any atom is -0.492 e. The van der Waals surface area contributed by atoms with Gasteiger partial charge in [0.05, 0.1) is 18.5 Å². The Bertz CT molecular complexity index is 963. The quantitative estimate of drug-likeness (QED) is 0.415. The predicted octanol–water partition coefficient (Wildman–Crippen LogP) is 2.41. The summed E-state index contributed by atoms with van der Waals surface area (Å²) >= 11 is 0. The predicted molar refractivity (Wildman–Crippen MR) is 123 cm³/mol. The topological polar surface area (TPSA) is 104 Å². The van der Waals surface area contributed by atoms with Crippen LogP contribution in [0.25, 0.3) is 5.82 Å². The summed E-state index contributed by atoms with van der Waals surface area (Å²) in [6, 6.07) is 7.93. The molecule has 9 heteroatoms. The van der Waals surface area contributed by atoms with Gasteiger partial charge in [0.1, 0.15) is 23.6 Å². The lowest BCUT2D eigenvalue weighted by Gasteiger charge is -2.31. The molecule has 1 amide bonds. The molecule has 2 aliphatic rings. The lowest BCUT2D eigenvalue weighted by atomic mass is 10.1. The molecule has 1 fully saturated rings. The van der Waals surface area contributed by atoms with Crippen LogP contribution in [-0.4, -0.2) is 47.6 Å². The van der Waals surface area contributed by atoms with Crippen LogP contribution >= 0.6 is 0 Å². The highest BCUT2D eigenvalue weighted by atomic mass is 16.5. The van der Waals surface area contributed by atoms with Crippen LogP contribution in [0.5, 0.6) is 5.75 Å². The van der Waals surface area contributed by atoms with Gasteiger partial charge in [-0.3, -0.25) is 10.1 Å². The van der Waals surface area contributed by atoms with Gasteiger partial charge in [0.2, 0.25) is 5.91 Å². The van der Waals surface area contributed by atoms with Gasteiger partial charge in [-0.2, -0.15) is 5.10 Å². The normalized spacial score (nSPS) is 20.1. The molecule has 5 N–H and O–H groups in total. The largest absolute Gasteiger partial charge is 0.492 e. The summed E-state index contributed by atoms with van der Waals surface area (Å²) in [6.45, 7) is 7.95. The monoisotopic (exact) mass is 423 g/mol. The summed E-state index contributed by atoms with van der Waals surface area (Å²) in [6.07, 6.45) is 7.36. The average molecular weight is 424 g/mol. The van der Waals surface area contributed by atoms with Crippen LogP contribution < -0.4 is 31.3 Å². The first kappa shape index (κ1) is 21.0. The van der Waals surface area contributed by atoms with E-state index < -0.39 is 0 Å². The third-order valence-corrected chi connectivity index (χ3v) is 5.21. The molecule has 1 aromatic heterocycles. The van der Waals surface area contributed by atoms with E-state index in [0.29, 0.717) is 24.1 Å². The van der Waals surface area contributed by atoms with Gasteiger partial charge in [-0.05, 0) is 56.7 Å². The zero-order chi connectivity index (χ0) is 21.6. The van der Waals surface area contributed by atoms with Gasteiger partial charge < -0.3 is 26.0 Å². The number of rotatable bonds is 8. The zero-order valence-corrected chi connectivity index (χ0v) is 17.6. The number of hydrogen-bond acceptors (Lipinski definition) is 7. The summed E-state index contributed by atoms with van der Waals surface area (Å²) < 4.78 is 7.45. The first-order chi connectivity index (χ1) is 15.2. The van der Waals surface area contributed by atoms with Gasteiger partial charge in [0.15, 0.2) is 0 Å². The standard InChI is InChI=1S/C22H29N7O2/c1-3-22(30)27-17-12-15(7-8-18(17)31-4-2)26-21-13-19(25-16-6-5-10-23-14-16)28-20-9-11-24-29(20)21/h3,7-9,11-13,16,19,23,25-26,28H,1,4-6,10,14H2,2H3,(H,27,30). The molecule has 164 valence electrons. The van der Waals surface area contributed by atoms with Crippen molar-refractivity contribution in [3.63, 3.8) is 0 Å². The number of nitrogens with one attached hydrogen (secondary N) is 5. The van der Waals surface area contributed by atoms with Gasteiger partial charge in [-0.1, -0.05) is 6.58 Å². The second-order valence-corrected chi connectivity index (χ2v) is 7.47. The second-order valence-electron chi connectivity index (χ2n) is 7.47. The van der Waals surface area contributed by atoms with E-state index in [1.165, 1.54) is 12.5 Å². The lowest BCUT2D eigenvalue weighted by Crippen LogP contribution is -2.50. The fourth-order valence-corrected chi connectivity index (χ4v) is 3.78. The van der Waals surface area contributed by atoms with Crippen LogP contribution in [0.1, 0.15) is 19.8 Å². The average Bonchev–Trinajstić information content (AvgIpc) is 3.25. The Hall–Kier alpha value is -3.30. The van der Waals surface area contributed by atoms with Crippen molar-refractivity contribution >= 4 is 28.9 Å². The number of carbonyl (C=O) groups is 1. The second kappa shape index (κ2) is 9.67. The Labute approximate surface area is 181 Å². The zero-order valence-electron chi connectivity index (χ0n) is 17.6. The summed E-state index contributed by atoms with van der Waals surface area (Å²) in [7, 11) is 0. The summed E-state index contributed by atoms with van der Waals surface area (Å²) in [5.41, 5.74) is 1.38. The number of benzene rings is 1. The van der Waals surface area contributed by atoms with Crippen molar-refractivity contribution < 1.29 is 9.53 Å². The Morgan fingerprint density at radius 3 is 3.10 bits per heavy atom. The Morgan fingerprint density at radius 2 is 2.32 bits per heavy atom. The molecular formula is C22H29N7O2. The van der Waals surface area contributed by atoms with Crippen LogP contribution in [0.2, 0.25) is 0 Å². The summed E-state index contributed by atoms with van der Waals surface area (Å²) in [4.78, 5) is 11.8. The van der Waals surface area contributed by atoms with Crippen molar-refractivity contribution in [1.82, 2.24) is 20.4 Å². The van der Waals surface area contributed by atoms with Crippen LogP contribution in [0, 0.1) is 0 Å². The molecule has 0 spiro atoms. The molecule has 1 saturated heterocycles. The first-order valence-corrected chi connectivity index (χ1v) is 10.6. The molecule has 9 nitrogen and oxygen atoms in total. The minimum atomic E-state index is -0.293. The van der Waals surface area contributed by atoms with Crippen LogP contribution in [0.3, 0.4) is 0 Å². The SMILES string of the molecule is C=CC(=O)Nc1cc(NC2=CC(NC3CCCNC3)Nc3ccnn32)ccc1OCC. The molecule has 2 aromatic rings. The summed E-state index contributed by atoms with van der Waals surface area (Å²) in [5.74, 6) is 2.04. The van der Waals surface area contributed by atoms with E-state index in [0.717, 1.165) is 36.8 Å². The van der Waals surface area contributed by atoms with E-state index in [1.807, 2.05) is 35.9 Å². The van der Waals surface area contributed by atoms with E-state index in [2.05, 4.69) is 44.3 Å². The highest BCUT2D eigenvalue weighted by Crippen LogP contribution is 2.30. The molecular weight excluding hydrogens is 394 g/mol. The number of anilines is 3. The fourth-order valence-electron chi connectivity index (χ4n) is 3.78. The van der Waals surface area contributed by atoms with Crippen LogP contribution in [-0.2, 0) is 4.79 Å². The van der Waals surface area contributed by atoms with Crippen LogP contribution in [0.4, 0.5) is 17.2 Å². The lowest BCUT2D eigenvalue weighted by molar-refractivity contribution is -0.111. The van der Waals surface area contributed by atoms with E-state index in [4.69, 9.17) is 4.74 Å². The third kappa shape index (κ3) is 5.07. The number of amides is 1. The van der Waals surface area contributed by atoms with Crippen molar-refractivity contribution in [2.24, 2.45) is 0 Å². The van der Waals surface area contributed by atoms with E-state index in [1.54, 1.807) is 6.20 Å². The van der Waals surface area contributed by atoms with E-state index >= 15 is 0 Å². The molecule has 0 aliphatic carbocycles. The molecule has 0 radical (unpaired) electrons. The van der Waals surface area contributed by atoms with Gasteiger partial charge >= 0.3 is 0 Å². The summed E-state index contributed by atoms with van der Waals surface area (Å²) in [5, 5.41) is 21.2. The Balaban J connectivity index is 1.56. The number of aromatic nitrogens is 2. The number of fused-ring (bicyclic) bond motifs is 1. The first-order valence-electron chi connectivity index (χ1n) is 10.6. The fraction of sp³-hybridized carbons (Fsp3) is 0.364. The van der Waals surface area contributed by atoms with E-state index in [9.17, 15) is 4.79 Å². The molecule has 2 unspecified atom stereocenters. The Morgan fingerprint density at radius 1 is 1.42 bits per heavy atom. The molecule has 3 heterocycles. The van der Waals surface area contributed by atoms with Gasteiger partial charge in [0.25, 0.3) is 0 Å². The van der Waals surface area contributed by atoms with Gasteiger partial charge in [0, 0.05) is 24.3 Å². The van der Waals surface area contributed by atoms with E-state index in [-0.39, 0.29) is 12.1 Å². The molecule has 31 heavy (non-hydrogen) atoms. The van der Waals surface area contributed by atoms with Crippen molar-refractivity contribution in [2.75, 3.05) is 35.6 Å². The molecule has 0 bridgehead atoms. The third-order valence-electron chi connectivity index (χ3n) is 5.21. The van der Waals surface area contributed by atoms with Crippen LogP contribution in [0.15, 0.2) is 49.2 Å². The number of carbonyl (C=O) groups excluding carboxylic acids is 1. The molecule has 4 rings (SSSR count). The molecule has 0 saturated carbocycles. The van der Waals surface area contributed by atoms with Crippen molar-refractivity contribution in [1.29, 1.82) is 0 Å². The highest BCUT2D eigenvalue weighted by molar-refractivity contribution is 6.00. The van der Waals surface area contributed by atoms with Crippen molar-refractivity contribution in [3.05, 3.63) is 49.2 Å². The molecule has 1 aromatic carbocycles. The number of ether oxygens (including phenoxy) is 1. The maximum absolute atomic E-state index is 11.8. The number of hydrogen-bond donors (Lipinski definition) is 5. The molecule has 2 atom stereocenters. The smallest absolute Gasteiger partial charge is 0.247 e. The van der Waals surface area contributed by atoms with Gasteiger partial charge in [-0.25, -0.2) is 4.68 Å². The minimum absolute atomic E-state index is 0.0285. The number of piperidine rings is 1. The number of nitrogens with zero attached hydrogens (tertiary/aromatic N) is 2. The maximum atomic E-state index is 11.8. The molecule has 2 aliphatic heterocycles. The van der Waals surface area contributed by atoms with Gasteiger partial charge in [-0.15, -0.1) is 0 Å².